The van der Waals surface area contributed by atoms with Gasteiger partial charge in [0.15, 0.2) is 0 Å². The van der Waals surface area contributed by atoms with Gasteiger partial charge in [-0.05, 0) is 43.8 Å². The molecule has 0 fully saturated rings. The van der Waals surface area contributed by atoms with Crippen LogP contribution in [0.25, 0.3) is 0 Å². The van der Waals surface area contributed by atoms with Crippen LogP contribution >= 0.6 is 0 Å². The highest BCUT2D eigenvalue weighted by Gasteiger charge is 2.22. The molecule has 0 amide bonds. The minimum absolute atomic E-state index is 0.384. The average Bonchev–Trinajstić information content (AvgIpc) is 2.32. The van der Waals surface area contributed by atoms with Crippen LogP contribution in [0, 0.1) is 0 Å². The molecule has 0 saturated heterocycles. The molecule has 0 saturated carbocycles. The Bertz CT molecular complexity index is 235. The topological polar surface area (TPSA) is 26.0 Å². The highest BCUT2D eigenvalue weighted by molar-refractivity contribution is 5.38. The maximum atomic E-state index is 5.95. The van der Waals surface area contributed by atoms with E-state index in [1.165, 1.54) is 36.8 Å². The Morgan fingerprint density at radius 2 is 2.18 bits per heavy atom. The van der Waals surface area contributed by atoms with Gasteiger partial charge in [-0.3, -0.25) is 0 Å². The van der Waals surface area contributed by atoms with Crippen molar-refractivity contribution in [1.29, 1.82) is 0 Å². The molecule has 1 atom stereocenters. The van der Waals surface area contributed by atoms with E-state index in [9.17, 15) is 0 Å². The van der Waals surface area contributed by atoms with E-state index >= 15 is 0 Å². The largest absolute Gasteiger partial charge is 0.324 e. The summed E-state index contributed by atoms with van der Waals surface area (Å²) in [5.41, 5.74) is 10.6. The average molecular weight is 149 g/mol. The molecule has 0 bridgehead atoms. The lowest BCUT2D eigenvalue weighted by Gasteiger charge is -2.14. The minimum Gasteiger partial charge on any atom is -0.324 e. The molecule has 0 aromatic carbocycles. The second-order valence-electron chi connectivity index (χ2n) is 3.69. The Morgan fingerprint density at radius 3 is 3.00 bits per heavy atom. The van der Waals surface area contributed by atoms with Crippen molar-refractivity contribution >= 4 is 0 Å². The Morgan fingerprint density at radius 1 is 1.36 bits per heavy atom. The van der Waals surface area contributed by atoms with Crippen LogP contribution in [0.15, 0.2) is 22.8 Å². The van der Waals surface area contributed by atoms with Crippen molar-refractivity contribution < 1.29 is 0 Å². The number of nitrogens with two attached hydrogens (primary N) is 1. The minimum atomic E-state index is 0.384. The van der Waals surface area contributed by atoms with Gasteiger partial charge >= 0.3 is 0 Å². The predicted octanol–water partition coefficient (Wildman–Crippen LogP) is 2.14. The van der Waals surface area contributed by atoms with Crippen molar-refractivity contribution in [2.75, 3.05) is 0 Å². The summed E-state index contributed by atoms with van der Waals surface area (Å²) in [6.45, 7) is 2.22. The fourth-order valence-corrected chi connectivity index (χ4v) is 2.10. The van der Waals surface area contributed by atoms with Gasteiger partial charge in [0.2, 0.25) is 0 Å². The van der Waals surface area contributed by atoms with Crippen molar-refractivity contribution in [3.05, 3.63) is 22.8 Å². The molecular weight excluding hydrogens is 134 g/mol. The highest BCUT2D eigenvalue weighted by atomic mass is 14.6. The SMILES string of the molecule is CC1=CC2=C(CC1)C(N)CC2. The Balaban J connectivity index is 2.30. The zero-order valence-corrected chi connectivity index (χ0v) is 7.06. The van der Waals surface area contributed by atoms with Gasteiger partial charge in [-0.25, -0.2) is 0 Å². The van der Waals surface area contributed by atoms with E-state index in [-0.39, 0.29) is 0 Å². The van der Waals surface area contributed by atoms with Gasteiger partial charge in [-0.2, -0.15) is 0 Å². The fraction of sp³-hybridized carbons (Fsp3) is 0.600. The van der Waals surface area contributed by atoms with E-state index in [1.54, 1.807) is 5.57 Å². The highest BCUT2D eigenvalue weighted by Crippen LogP contribution is 2.34. The van der Waals surface area contributed by atoms with E-state index in [1.807, 2.05) is 0 Å². The Labute approximate surface area is 68.0 Å². The van der Waals surface area contributed by atoms with Crippen molar-refractivity contribution in [1.82, 2.24) is 0 Å². The van der Waals surface area contributed by atoms with Crippen LogP contribution in [0.5, 0.6) is 0 Å². The molecule has 1 unspecified atom stereocenters. The van der Waals surface area contributed by atoms with Crippen LogP contribution in [0.2, 0.25) is 0 Å². The van der Waals surface area contributed by atoms with Gasteiger partial charge < -0.3 is 5.73 Å². The summed E-state index contributed by atoms with van der Waals surface area (Å²) in [4.78, 5) is 0. The molecule has 2 aliphatic carbocycles. The summed E-state index contributed by atoms with van der Waals surface area (Å²) in [6, 6.07) is 0.384. The Kier molecular flexibility index (Phi) is 1.61. The fourth-order valence-electron chi connectivity index (χ4n) is 2.10. The molecule has 2 rings (SSSR count). The third-order valence-corrected chi connectivity index (χ3v) is 2.79. The molecule has 60 valence electrons. The molecule has 1 heteroatoms. The third kappa shape index (κ3) is 1.14. The predicted molar refractivity (Wildman–Crippen MR) is 47.2 cm³/mol. The summed E-state index contributed by atoms with van der Waals surface area (Å²) in [5, 5.41) is 0. The molecule has 0 heterocycles. The van der Waals surface area contributed by atoms with Gasteiger partial charge in [0.25, 0.3) is 0 Å². The van der Waals surface area contributed by atoms with E-state index < -0.39 is 0 Å². The summed E-state index contributed by atoms with van der Waals surface area (Å²) >= 11 is 0. The third-order valence-electron chi connectivity index (χ3n) is 2.79. The quantitative estimate of drug-likeness (QED) is 0.561. The molecule has 0 aromatic rings. The molecule has 0 aliphatic heterocycles. The van der Waals surface area contributed by atoms with Crippen molar-refractivity contribution in [2.24, 2.45) is 5.73 Å². The zero-order chi connectivity index (χ0) is 7.84. The zero-order valence-electron chi connectivity index (χ0n) is 7.06. The molecule has 0 spiro atoms. The standard InChI is InChI=1S/C10H15N/c1-7-2-4-9-8(6-7)3-5-10(9)11/h6,10H,2-5,11H2,1H3. The Hall–Kier alpha value is -0.560. The molecule has 0 aromatic heterocycles. The van der Waals surface area contributed by atoms with Crippen LogP contribution < -0.4 is 5.73 Å². The van der Waals surface area contributed by atoms with E-state index in [4.69, 9.17) is 5.73 Å². The summed E-state index contributed by atoms with van der Waals surface area (Å²) < 4.78 is 0. The van der Waals surface area contributed by atoms with Crippen LogP contribution in [0.4, 0.5) is 0 Å². The summed E-state index contributed by atoms with van der Waals surface area (Å²) in [5.74, 6) is 0. The van der Waals surface area contributed by atoms with Crippen LogP contribution in [-0.2, 0) is 0 Å². The van der Waals surface area contributed by atoms with E-state index in [2.05, 4.69) is 13.0 Å². The maximum Gasteiger partial charge on any atom is 0.0262 e. The number of hydrogen-bond donors (Lipinski definition) is 1. The summed E-state index contributed by atoms with van der Waals surface area (Å²) in [6.07, 6.45) is 7.18. The molecule has 1 nitrogen and oxygen atoms in total. The number of rotatable bonds is 0. The van der Waals surface area contributed by atoms with Gasteiger partial charge in [0, 0.05) is 6.04 Å². The second-order valence-corrected chi connectivity index (χ2v) is 3.69. The van der Waals surface area contributed by atoms with Crippen LogP contribution in [-0.4, -0.2) is 6.04 Å². The molecule has 2 N–H and O–H groups in total. The number of allylic oxidation sites excluding steroid dienone is 3. The first-order valence-electron chi connectivity index (χ1n) is 4.42. The molecule has 0 radical (unpaired) electrons. The molecular formula is C10H15N. The van der Waals surface area contributed by atoms with Crippen LogP contribution in [0.3, 0.4) is 0 Å². The van der Waals surface area contributed by atoms with Crippen LogP contribution in [0.1, 0.15) is 32.6 Å². The van der Waals surface area contributed by atoms with E-state index in [0.717, 1.165) is 0 Å². The van der Waals surface area contributed by atoms with Crippen molar-refractivity contribution in [2.45, 2.75) is 38.6 Å². The lowest BCUT2D eigenvalue weighted by molar-refractivity contribution is 0.718. The van der Waals surface area contributed by atoms with Gasteiger partial charge in [-0.1, -0.05) is 11.6 Å². The van der Waals surface area contributed by atoms with Gasteiger partial charge in [0.1, 0.15) is 0 Å². The smallest absolute Gasteiger partial charge is 0.0262 e. The summed E-state index contributed by atoms with van der Waals surface area (Å²) in [7, 11) is 0. The first-order valence-corrected chi connectivity index (χ1v) is 4.42. The number of hydrogen-bond acceptors (Lipinski definition) is 1. The van der Waals surface area contributed by atoms with Gasteiger partial charge in [-0.15, -0.1) is 0 Å². The van der Waals surface area contributed by atoms with Crippen molar-refractivity contribution in [3.63, 3.8) is 0 Å². The molecule has 2 aliphatic rings. The van der Waals surface area contributed by atoms with Crippen molar-refractivity contribution in [3.8, 4) is 0 Å². The maximum absolute atomic E-state index is 5.95. The van der Waals surface area contributed by atoms with Gasteiger partial charge in [0.05, 0.1) is 0 Å². The second kappa shape index (κ2) is 2.49. The molecule has 11 heavy (non-hydrogen) atoms. The normalized spacial score (nSPS) is 30.4. The lowest BCUT2D eigenvalue weighted by atomic mass is 9.94. The first-order chi connectivity index (χ1) is 5.27. The van der Waals surface area contributed by atoms with E-state index in [0.29, 0.717) is 6.04 Å². The first kappa shape index (κ1) is 7.11. The lowest BCUT2D eigenvalue weighted by Crippen LogP contribution is -2.19. The monoisotopic (exact) mass is 149 g/mol.